The van der Waals surface area contributed by atoms with Gasteiger partial charge in [0.2, 0.25) is 0 Å². The van der Waals surface area contributed by atoms with E-state index in [1.165, 1.54) is 12.8 Å². The summed E-state index contributed by atoms with van der Waals surface area (Å²) < 4.78 is 2.48. The zero-order valence-electron chi connectivity index (χ0n) is 9.37. The number of aryl methyl sites for hydroxylation is 1. The zero-order chi connectivity index (χ0) is 11.5. The Bertz CT molecular complexity index is 424. The Hall–Kier alpha value is -0.430. The van der Waals surface area contributed by atoms with Crippen LogP contribution in [0.1, 0.15) is 18.5 Å². The van der Waals surface area contributed by atoms with Gasteiger partial charge in [0.1, 0.15) is 0 Å². The molecule has 1 N–H and O–H groups in total. The summed E-state index contributed by atoms with van der Waals surface area (Å²) in [5.74, 6) is 0.562. The van der Waals surface area contributed by atoms with Crippen molar-refractivity contribution in [2.75, 3.05) is 13.1 Å². The van der Waals surface area contributed by atoms with Crippen LogP contribution < -0.4 is 10.9 Å². The molecular weight excluding hydrogens is 317 g/mol. The lowest BCUT2D eigenvalue weighted by Gasteiger charge is -2.23. The lowest BCUT2D eigenvalue weighted by atomic mass is 10.00. The quantitative estimate of drug-likeness (QED) is 0.826. The first kappa shape index (κ1) is 12.0. The molecule has 1 aliphatic heterocycles. The second kappa shape index (κ2) is 5.27. The Kier molecular flexibility index (Phi) is 3.96. The molecule has 0 aromatic carbocycles. The predicted octanol–water partition coefficient (Wildman–Crippen LogP) is 1.16. The highest BCUT2D eigenvalue weighted by atomic mass is 127. The second-order valence-electron chi connectivity index (χ2n) is 4.31. The molecule has 1 aromatic rings. The van der Waals surface area contributed by atoms with Crippen molar-refractivity contribution in [1.82, 2.24) is 14.9 Å². The van der Waals surface area contributed by atoms with Crippen LogP contribution in [0.2, 0.25) is 0 Å². The molecule has 4 nitrogen and oxygen atoms in total. The van der Waals surface area contributed by atoms with Crippen molar-refractivity contribution in [2.24, 2.45) is 5.92 Å². The fourth-order valence-electron chi connectivity index (χ4n) is 2.03. The number of rotatable bonds is 2. The van der Waals surface area contributed by atoms with Gasteiger partial charge in [0.25, 0.3) is 5.56 Å². The van der Waals surface area contributed by atoms with Crippen LogP contribution in [0.25, 0.3) is 0 Å². The smallest absolute Gasteiger partial charge is 0.267 e. The van der Waals surface area contributed by atoms with E-state index in [9.17, 15) is 4.79 Å². The zero-order valence-corrected chi connectivity index (χ0v) is 11.5. The lowest BCUT2D eigenvalue weighted by molar-refractivity contribution is 0.332. The van der Waals surface area contributed by atoms with E-state index in [0.29, 0.717) is 5.92 Å². The minimum Gasteiger partial charge on any atom is -0.316 e. The highest BCUT2D eigenvalue weighted by Gasteiger charge is 2.15. The third-order valence-electron chi connectivity index (χ3n) is 3.01. The van der Waals surface area contributed by atoms with E-state index in [4.69, 9.17) is 0 Å². The van der Waals surface area contributed by atoms with Gasteiger partial charge >= 0.3 is 0 Å². The van der Waals surface area contributed by atoms with Crippen LogP contribution in [0, 0.1) is 16.4 Å². The molecule has 88 valence electrons. The molecule has 2 rings (SSSR count). The molecule has 1 aliphatic rings. The van der Waals surface area contributed by atoms with Crippen molar-refractivity contribution in [2.45, 2.75) is 26.3 Å². The van der Waals surface area contributed by atoms with E-state index in [2.05, 4.69) is 32.9 Å². The lowest BCUT2D eigenvalue weighted by Crippen LogP contribution is -2.35. The van der Waals surface area contributed by atoms with Crippen molar-refractivity contribution in [3.63, 3.8) is 0 Å². The van der Waals surface area contributed by atoms with Gasteiger partial charge in [-0.25, -0.2) is 4.98 Å². The van der Waals surface area contributed by atoms with E-state index in [1.807, 2.05) is 6.92 Å². The number of halogens is 1. The highest BCUT2D eigenvalue weighted by Crippen LogP contribution is 2.11. The summed E-state index contributed by atoms with van der Waals surface area (Å²) in [6, 6.07) is 0. The van der Waals surface area contributed by atoms with Crippen molar-refractivity contribution < 1.29 is 0 Å². The molecule has 1 saturated heterocycles. The van der Waals surface area contributed by atoms with E-state index in [-0.39, 0.29) is 5.56 Å². The van der Waals surface area contributed by atoms with Crippen LogP contribution in [0.4, 0.5) is 0 Å². The minimum absolute atomic E-state index is 0.0960. The normalized spacial score (nSPS) is 21.0. The summed E-state index contributed by atoms with van der Waals surface area (Å²) in [5.41, 5.74) is 0.919. The fourth-order valence-corrected chi connectivity index (χ4v) is 2.48. The molecule has 2 heterocycles. The summed E-state index contributed by atoms with van der Waals surface area (Å²) in [6.45, 7) is 4.77. The van der Waals surface area contributed by atoms with Crippen molar-refractivity contribution in [1.29, 1.82) is 0 Å². The summed E-state index contributed by atoms with van der Waals surface area (Å²) in [5, 5.41) is 3.36. The maximum atomic E-state index is 12.0. The topological polar surface area (TPSA) is 46.9 Å². The maximum absolute atomic E-state index is 12.0. The molecule has 0 bridgehead atoms. The molecule has 16 heavy (non-hydrogen) atoms. The highest BCUT2D eigenvalue weighted by molar-refractivity contribution is 14.1. The first-order valence-corrected chi connectivity index (χ1v) is 6.68. The Morgan fingerprint density at radius 1 is 1.69 bits per heavy atom. The maximum Gasteiger partial charge on any atom is 0.267 e. The average molecular weight is 333 g/mol. The van der Waals surface area contributed by atoms with Crippen LogP contribution >= 0.6 is 22.6 Å². The summed E-state index contributed by atoms with van der Waals surface area (Å²) in [6.07, 6.45) is 4.08. The van der Waals surface area contributed by atoms with Crippen molar-refractivity contribution >= 4 is 22.6 Å². The van der Waals surface area contributed by atoms with Gasteiger partial charge in [-0.05, 0) is 61.4 Å². The molecule has 1 aromatic heterocycles. The molecule has 0 aliphatic carbocycles. The Morgan fingerprint density at radius 2 is 2.50 bits per heavy atom. The number of nitrogens with zero attached hydrogens (tertiary/aromatic N) is 2. The molecule has 0 saturated carbocycles. The summed E-state index contributed by atoms with van der Waals surface area (Å²) in [4.78, 5) is 16.2. The standard InChI is InChI=1S/C11H16IN3O/c1-8-10(12)11(16)15(7-14-8)6-9-3-2-4-13-5-9/h7,9,13H,2-6H2,1H3. The molecule has 5 heteroatoms. The molecule has 0 spiro atoms. The van der Waals surface area contributed by atoms with E-state index in [1.54, 1.807) is 10.9 Å². The Morgan fingerprint density at radius 3 is 3.19 bits per heavy atom. The number of piperidine rings is 1. The van der Waals surface area contributed by atoms with Crippen LogP contribution in [-0.2, 0) is 6.54 Å². The fraction of sp³-hybridized carbons (Fsp3) is 0.636. The van der Waals surface area contributed by atoms with Gasteiger partial charge in [0, 0.05) is 6.54 Å². The van der Waals surface area contributed by atoms with Crippen molar-refractivity contribution in [3.05, 3.63) is 25.9 Å². The van der Waals surface area contributed by atoms with Gasteiger partial charge in [-0.2, -0.15) is 0 Å². The molecular formula is C11H16IN3O. The average Bonchev–Trinajstić information content (AvgIpc) is 2.31. The van der Waals surface area contributed by atoms with Crippen molar-refractivity contribution in [3.8, 4) is 0 Å². The van der Waals surface area contributed by atoms with Crippen LogP contribution in [0.5, 0.6) is 0 Å². The predicted molar refractivity (Wildman–Crippen MR) is 71.5 cm³/mol. The first-order valence-electron chi connectivity index (χ1n) is 5.60. The molecule has 1 unspecified atom stereocenters. The third-order valence-corrected chi connectivity index (χ3v) is 4.25. The van der Waals surface area contributed by atoms with E-state index < -0.39 is 0 Å². The van der Waals surface area contributed by atoms with Gasteiger partial charge < -0.3 is 5.32 Å². The van der Waals surface area contributed by atoms with Gasteiger partial charge in [0.15, 0.2) is 0 Å². The van der Waals surface area contributed by atoms with E-state index in [0.717, 1.165) is 28.9 Å². The van der Waals surface area contributed by atoms with Crippen LogP contribution in [0.3, 0.4) is 0 Å². The SMILES string of the molecule is Cc1ncn(CC2CCCNC2)c(=O)c1I. The van der Waals surface area contributed by atoms with Crippen LogP contribution in [-0.4, -0.2) is 22.6 Å². The number of hydrogen-bond donors (Lipinski definition) is 1. The number of aromatic nitrogens is 2. The molecule has 1 fully saturated rings. The Labute approximate surface area is 109 Å². The van der Waals surface area contributed by atoms with Gasteiger partial charge in [0.05, 0.1) is 15.6 Å². The van der Waals surface area contributed by atoms with E-state index >= 15 is 0 Å². The molecule has 0 amide bonds. The monoisotopic (exact) mass is 333 g/mol. The number of hydrogen-bond acceptors (Lipinski definition) is 3. The first-order chi connectivity index (χ1) is 7.68. The largest absolute Gasteiger partial charge is 0.316 e. The van der Waals surface area contributed by atoms with Crippen LogP contribution in [0.15, 0.2) is 11.1 Å². The minimum atomic E-state index is 0.0960. The van der Waals surface area contributed by atoms with Gasteiger partial charge in [-0.1, -0.05) is 0 Å². The van der Waals surface area contributed by atoms with Gasteiger partial charge in [-0.3, -0.25) is 9.36 Å². The molecule has 0 radical (unpaired) electrons. The van der Waals surface area contributed by atoms with Gasteiger partial charge in [-0.15, -0.1) is 0 Å². The summed E-state index contributed by atoms with van der Waals surface area (Å²) in [7, 11) is 0. The third kappa shape index (κ3) is 2.63. The second-order valence-corrected chi connectivity index (χ2v) is 5.39. The Balaban J connectivity index is 2.15. The summed E-state index contributed by atoms with van der Waals surface area (Å²) >= 11 is 2.08. The molecule has 1 atom stereocenters. The number of nitrogens with one attached hydrogen (secondary N) is 1.